The van der Waals surface area contributed by atoms with Gasteiger partial charge in [0.25, 0.3) is 11.7 Å². The minimum atomic E-state index is -0.662. The van der Waals surface area contributed by atoms with Gasteiger partial charge >= 0.3 is 0 Å². The Labute approximate surface area is 199 Å². The molecule has 2 aliphatic heterocycles. The molecule has 0 aliphatic carbocycles. The molecule has 1 atom stereocenters. The summed E-state index contributed by atoms with van der Waals surface area (Å²) in [6.45, 7) is 8.40. The zero-order valence-corrected chi connectivity index (χ0v) is 19.2. The minimum absolute atomic E-state index is 0.113. The Hall–Kier alpha value is -3.42. The van der Waals surface area contributed by atoms with Gasteiger partial charge in [-0.3, -0.25) is 14.5 Å². The van der Waals surface area contributed by atoms with Gasteiger partial charge in [0.05, 0.1) is 24.8 Å². The Morgan fingerprint density at radius 2 is 1.76 bits per heavy atom. The highest BCUT2D eigenvalue weighted by Gasteiger charge is 2.45. The van der Waals surface area contributed by atoms with Crippen molar-refractivity contribution in [2.45, 2.75) is 12.5 Å². The van der Waals surface area contributed by atoms with Crippen molar-refractivity contribution in [1.29, 1.82) is 0 Å². The molecule has 2 aromatic rings. The number of ketones is 1. The zero-order chi connectivity index (χ0) is 23.9. The molecular weight excluding hydrogens is 432 g/mol. The number of Topliss-reactive ketones (excluding diaryl/α,β-unsaturated/α-hetero) is 1. The van der Waals surface area contributed by atoms with E-state index in [1.54, 1.807) is 35.2 Å². The Morgan fingerprint density at radius 1 is 1.06 bits per heavy atom. The fourth-order valence-electron chi connectivity index (χ4n) is 4.40. The molecule has 0 unspecified atom stereocenters. The number of aliphatic hydroxyl groups excluding tert-OH is 1. The summed E-state index contributed by atoms with van der Waals surface area (Å²) in [7, 11) is 0. The van der Waals surface area contributed by atoms with E-state index >= 15 is 0 Å². The number of nitrogens with zero attached hydrogens (tertiary/aromatic N) is 2. The summed E-state index contributed by atoms with van der Waals surface area (Å²) in [4.78, 5) is 30.1. The number of rotatable bonds is 9. The molecule has 0 radical (unpaired) electrons. The number of aliphatic hydroxyl groups is 1. The fraction of sp³-hybridized carbons (Fsp3) is 0.333. The first kappa shape index (κ1) is 23.7. The van der Waals surface area contributed by atoms with Crippen molar-refractivity contribution in [3.05, 3.63) is 84.0 Å². The van der Waals surface area contributed by atoms with Crippen molar-refractivity contribution >= 4 is 17.4 Å². The topological polar surface area (TPSA) is 79.3 Å². The molecule has 0 spiro atoms. The molecule has 34 heavy (non-hydrogen) atoms. The largest absolute Gasteiger partial charge is 0.507 e. The highest BCUT2D eigenvalue weighted by Crippen LogP contribution is 2.39. The number of benzene rings is 2. The monoisotopic (exact) mass is 462 g/mol. The van der Waals surface area contributed by atoms with Crippen LogP contribution in [0.1, 0.15) is 23.6 Å². The summed E-state index contributed by atoms with van der Waals surface area (Å²) in [6.07, 6.45) is 2.38. The average Bonchev–Trinajstić information content (AvgIpc) is 3.13. The highest BCUT2D eigenvalue weighted by molar-refractivity contribution is 6.46. The van der Waals surface area contributed by atoms with Gasteiger partial charge in [0.1, 0.15) is 18.1 Å². The van der Waals surface area contributed by atoms with Crippen LogP contribution in [-0.2, 0) is 14.3 Å². The SMILES string of the molecule is C=CCOc1ccc(C(O)=C2C(=O)C(=O)N(CCCN3CCOCC3)[C@H]2c2ccccc2)cc1. The molecule has 2 heterocycles. The average molecular weight is 463 g/mol. The predicted molar refractivity (Wildman–Crippen MR) is 129 cm³/mol. The second-order valence-electron chi connectivity index (χ2n) is 8.33. The van der Waals surface area contributed by atoms with Crippen molar-refractivity contribution in [3.8, 4) is 5.75 Å². The lowest BCUT2D eigenvalue weighted by Crippen LogP contribution is -2.38. The Balaban J connectivity index is 1.61. The van der Waals surface area contributed by atoms with Gasteiger partial charge in [0, 0.05) is 31.7 Å². The van der Waals surface area contributed by atoms with Gasteiger partial charge in [-0.1, -0.05) is 43.0 Å². The predicted octanol–water partition coefficient (Wildman–Crippen LogP) is 3.40. The summed E-state index contributed by atoms with van der Waals surface area (Å²) in [5, 5.41) is 11.2. The smallest absolute Gasteiger partial charge is 0.295 e. The van der Waals surface area contributed by atoms with Gasteiger partial charge in [-0.2, -0.15) is 0 Å². The quantitative estimate of drug-likeness (QED) is 0.266. The van der Waals surface area contributed by atoms with Crippen LogP contribution < -0.4 is 4.74 Å². The molecule has 0 bridgehead atoms. The maximum atomic E-state index is 13.1. The standard InChI is InChI=1S/C27H30N2O5/c1-2-17-34-22-11-9-21(10-12-22)25(30)23-24(20-7-4-3-5-8-20)29(27(32)26(23)31)14-6-13-28-15-18-33-19-16-28/h2-5,7-12,24,30H,1,6,13-19H2/t24-/m0/s1. The molecule has 4 rings (SSSR count). The van der Waals surface area contributed by atoms with Gasteiger partial charge < -0.3 is 19.5 Å². The number of amides is 1. The molecule has 0 aromatic heterocycles. The molecule has 1 N–H and O–H groups in total. The van der Waals surface area contributed by atoms with E-state index in [0.717, 1.165) is 31.6 Å². The second-order valence-corrected chi connectivity index (χ2v) is 8.33. The minimum Gasteiger partial charge on any atom is -0.507 e. The van der Waals surface area contributed by atoms with Crippen molar-refractivity contribution in [2.24, 2.45) is 0 Å². The van der Waals surface area contributed by atoms with Crippen LogP contribution in [0.3, 0.4) is 0 Å². The molecule has 2 saturated heterocycles. The van der Waals surface area contributed by atoms with Crippen LogP contribution in [-0.4, -0.2) is 72.6 Å². The van der Waals surface area contributed by atoms with Gasteiger partial charge in [-0.05, 0) is 36.2 Å². The van der Waals surface area contributed by atoms with Crippen LogP contribution in [0.2, 0.25) is 0 Å². The normalized spacial score (nSPS) is 20.5. The van der Waals surface area contributed by atoms with Crippen LogP contribution in [0.15, 0.2) is 72.8 Å². The van der Waals surface area contributed by atoms with E-state index in [-0.39, 0.29) is 11.3 Å². The van der Waals surface area contributed by atoms with E-state index in [1.807, 2.05) is 30.3 Å². The third kappa shape index (κ3) is 5.21. The van der Waals surface area contributed by atoms with Gasteiger partial charge in [-0.15, -0.1) is 0 Å². The number of carbonyl (C=O) groups is 2. The van der Waals surface area contributed by atoms with Crippen LogP contribution >= 0.6 is 0 Å². The van der Waals surface area contributed by atoms with Crippen molar-refractivity contribution in [2.75, 3.05) is 46.0 Å². The second kappa shape index (κ2) is 11.1. The van der Waals surface area contributed by atoms with Crippen LogP contribution in [0.5, 0.6) is 5.75 Å². The molecule has 1 amide bonds. The summed E-state index contributed by atoms with van der Waals surface area (Å²) in [5.41, 5.74) is 1.36. The number of hydrogen-bond donors (Lipinski definition) is 1. The van der Waals surface area contributed by atoms with E-state index in [1.165, 1.54) is 0 Å². The lowest BCUT2D eigenvalue weighted by Gasteiger charge is -2.29. The first-order valence-corrected chi connectivity index (χ1v) is 11.6. The number of hydrogen-bond acceptors (Lipinski definition) is 6. The molecule has 7 heteroatoms. The molecule has 7 nitrogen and oxygen atoms in total. The van der Waals surface area contributed by atoms with E-state index in [4.69, 9.17) is 9.47 Å². The summed E-state index contributed by atoms with van der Waals surface area (Å²) < 4.78 is 10.9. The third-order valence-electron chi connectivity index (χ3n) is 6.13. The zero-order valence-electron chi connectivity index (χ0n) is 19.2. The number of ether oxygens (including phenoxy) is 2. The maximum Gasteiger partial charge on any atom is 0.295 e. The molecule has 2 aliphatic rings. The Bertz CT molecular complexity index is 1040. The third-order valence-corrected chi connectivity index (χ3v) is 6.13. The fourth-order valence-corrected chi connectivity index (χ4v) is 4.40. The molecule has 0 saturated carbocycles. The Kier molecular flexibility index (Phi) is 7.77. The lowest BCUT2D eigenvalue weighted by molar-refractivity contribution is -0.140. The van der Waals surface area contributed by atoms with E-state index in [2.05, 4.69) is 11.5 Å². The van der Waals surface area contributed by atoms with Crippen LogP contribution in [0.4, 0.5) is 0 Å². The number of carbonyl (C=O) groups excluding carboxylic acids is 2. The summed E-state index contributed by atoms with van der Waals surface area (Å²) >= 11 is 0. The van der Waals surface area contributed by atoms with Gasteiger partial charge in [0.15, 0.2) is 0 Å². The maximum absolute atomic E-state index is 13.1. The van der Waals surface area contributed by atoms with E-state index < -0.39 is 17.7 Å². The lowest BCUT2D eigenvalue weighted by atomic mass is 9.95. The van der Waals surface area contributed by atoms with Crippen molar-refractivity contribution in [1.82, 2.24) is 9.80 Å². The van der Waals surface area contributed by atoms with Gasteiger partial charge in [0.2, 0.25) is 0 Å². The van der Waals surface area contributed by atoms with Crippen molar-refractivity contribution in [3.63, 3.8) is 0 Å². The summed E-state index contributed by atoms with van der Waals surface area (Å²) in [5.74, 6) is -0.800. The first-order valence-electron chi connectivity index (χ1n) is 11.6. The molecular formula is C27H30N2O5. The molecule has 2 fully saturated rings. The van der Waals surface area contributed by atoms with E-state index in [0.29, 0.717) is 37.7 Å². The summed E-state index contributed by atoms with van der Waals surface area (Å²) in [6, 6.07) is 15.5. The Morgan fingerprint density at radius 3 is 2.44 bits per heavy atom. The molecule has 2 aromatic carbocycles. The first-order chi connectivity index (χ1) is 16.6. The van der Waals surface area contributed by atoms with Crippen LogP contribution in [0, 0.1) is 0 Å². The van der Waals surface area contributed by atoms with Crippen molar-refractivity contribution < 1.29 is 24.2 Å². The number of likely N-dealkylation sites (tertiary alicyclic amines) is 1. The van der Waals surface area contributed by atoms with Gasteiger partial charge in [-0.25, -0.2) is 0 Å². The molecule has 178 valence electrons. The van der Waals surface area contributed by atoms with Crippen LogP contribution in [0.25, 0.3) is 5.76 Å². The van der Waals surface area contributed by atoms with E-state index in [9.17, 15) is 14.7 Å². The number of morpholine rings is 1. The highest BCUT2D eigenvalue weighted by atomic mass is 16.5.